The van der Waals surface area contributed by atoms with Crippen LogP contribution in [0.4, 0.5) is 0 Å². The Morgan fingerprint density at radius 1 is 1.36 bits per heavy atom. The highest BCUT2D eigenvalue weighted by molar-refractivity contribution is 6.13. The Morgan fingerprint density at radius 2 is 2.09 bits per heavy atom. The molecule has 0 bridgehead atoms. The van der Waals surface area contributed by atoms with Crippen molar-refractivity contribution in [1.82, 2.24) is 0 Å². The second kappa shape index (κ2) is 7.03. The molecule has 0 fully saturated rings. The van der Waals surface area contributed by atoms with Gasteiger partial charge in [0.25, 0.3) is 0 Å². The van der Waals surface area contributed by atoms with Crippen molar-refractivity contribution in [2.24, 2.45) is 4.99 Å². The summed E-state index contributed by atoms with van der Waals surface area (Å²) in [5.74, 6) is 0.131. The van der Waals surface area contributed by atoms with Crippen LogP contribution in [0.15, 0.2) is 47.5 Å². The molecule has 2 rings (SSSR count). The molecule has 0 saturated heterocycles. The van der Waals surface area contributed by atoms with Crippen LogP contribution < -0.4 is 0 Å². The highest BCUT2D eigenvalue weighted by Gasteiger charge is 2.32. The SMILES string of the molecule is C=C(C)C1=NC(C(=C)COC)C(CCO)c2ccc(C)cc21. The topological polar surface area (TPSA) is 41.8 Å². The molecule has 1 N–H and O–H groups in total. The number of benzene rings is 1. The number of aliphatic hydroxyl groups excluding tert-OH is 1. The molecule has 0 amide bonds. The maximum atomic E-state index is 9.48. The molecule has 0 aromatic heterocycles. The summed E-state index contributed by atoms with van der Waals surface area (Å²) in [7, 11) is 1.66. The first-order valence-corrected chi connectivity index (χ1v) is 7.61. The third kappa shape index (κ3) is 3.21. The molecule has 0 aliphatic carbocycles. The van der Waals surface area contributed by atoms with Crippen LogP contribution >= 0.6 is 0 Å². The molecule has 1 aromatic carbocycles. The van der Waals surface area contributed by atoms with Gasteiger partial charge in [0.05, 0.1) is 18.4 Å². The van der Waals surface area contributed by atoms with E-state index in [0.717, 1.165) is 22.4 Å². The van der Waals surface area contributed by atoms with E-state index in [-0.39, 0.29) is 18.6 Å². The van der Waals surface area contributed by atoms with E-state index < -0.39 is 0 Å². The van der Waals surface area contributed by atoms with Crippen molar-refractivity contribution in [2.75, 3.05) is 20.3 Å². The van der Waals surface area contributed by atoms with Crippen molar-refractivity contribution in [2.45, 2.75) is 32.2 Å². The Labute approximate surface area is 133 Å². The van der Waals surface area contributed by atoms with Crippen LogP contribution in [0.1, 0.15) is 36.0 Å². The highest BCUT2D eigenvalue weighted by Crippen LogP contribution is 2.37. The first-order chi connectivity index (χ1) is 10.5. The van der Waals surface area contributed by atoms with E-state index >= 15 is 0 Å². The number of aliphatic imine (C=N–C) groups is 1. The molecular weight excluding hydrogens is 274 g/mol. The molecule has 2 unspecified atom stereocenters. The number of rotatable bonds is 6. The summed E-state index contributed by atoms with van der Waals surface area (Å²) in [5.41, 5.74) is 6.37. The second-order valence-electron chi connectivity index (χ2n) is 6.00. The Bertz CT molecular complexity index is 616. The number of aliphatic hydroxyl groups is 1. The third-order valence-corrected chi connectivity index (χ3v) is 4.11. The molecule has 0 saturated carbocycles. The molecular formula is C19H25NO2. The first-order valence-electron chi connectivity index (χ1n) is 7.61. The van der Waals surface area contributed by atoms with Gasteiger partial charge in [0.2, 0.25) is 0 Å². The van der Waals surface area contributed by atoms with E-state index in [9.17, 15) is 5.11 Å². The van der Waals surface area contributed by atoms with Gasteiger partial charge in [0, 0.05) is 25.2 Å². The Hall–Kier alpha value is -1.71. The standard InChI is InChI=1S/C19H25NO2/c1-12(2)18-17-10-13(3)6-7-15(17)16(8-9-21)19(20-18)14(4)11-22-5/h6-7,10,16,19,21H,1,4,8-9,11H2,2-3,5H3. The molecule has 22 heavy (non-hydrogen) atoms. The molecule has 1 aromatic rings. The second-order valence-corrected chi connectivity index (χ2v) is 6.00. The summed E-state index contributed by atoms with van der Waals surface area (Å²) < 4.78 is 5.23. The van der Waals surface area contributed by atoms with E-state index in [4.69, 9.17) is 9.73 Å². The van der Waals surface area contributed by atoms with Crippen LogP contribution in [0.25, 0.3) is 0 Å². The zero-order valence-electron chi connectivity index (χ0n) is 13.7. The number of fused-ring (bicyclic) bond motifs is 1. The van der Waals surface area contributed by atoms with Crippen molar-refractivity contribution in [3.8, 4) is 0 Å². The molecule has 1 aliphatic heterocycles. The maximum Gasteiger partial charge on any atom is 0.0805 e. The predicted molar refractivity (Wildman–Crippen MR) is 91.8 cm³/mol. The minimum absolute atomic E-state index is 0.0750. The number of aryl methyl sites for hydroxylation is 1. The molecule has 3 heteroatoms. The van der Waals surface area contributed by atoms with Crippen molar-refractivity contribution < 1.29 is 9.84 Å². The van der Waals surface area contributed by atoms with Crippen LogP contribution in [0, 0.1) is 6.92 Å². The van der Waals surface area contributed by atoms with Crippen LogP contribution in [-0.4, -0.2) is 37.2 Å². The lowest BCUT2D eigenvalue weighted by Crippen LogP contribution is -2.30. The van der Waals surface area contributed by atoms with Crippen molar-refractivity contribution in [1.29, 1.82) is 0 Å². The molecule has 1 heterocycles. The average molecular weight is 299 g/mol. The largest absolute Gasteiger partial charge is 0.396 e. The van der Waals surface area contributed by atoms with Crippen molar-refractivity contribution in [3.05, 3.63) is 59.2 Å². The summed E-state index contributed by atoms with van der Waals surface area (Å²) in [4.78, 5) is 4.91. The predicted octanol–water partition coefficient (Wildman–Crippen LogP) is 3.41. The quantitative estimate of drug-likeness (QED) is 0.818. The number of allylic oxidation sites excluding steroid dienone is 1. The number of hydrogen-bond donors (Lipinski definition) is 1. The van der Waals surface area contributed by atoms with E-state index in [0.29, 0.717) is 13.0 Å². The molecule has 0 radical (unpaired) electrons. The van der Waals surface area contributed by atoms with Gasteiger partial charge in [-0.1, -0.05) is 30.9 Å². The zero-order valence-corrected chi connectivity index (χ0v) is 13.7. The summed E-state index contributed by atoms with van der Waals surface area (Å²) >= 11 is 0. The van der Waals surface area contributed by atoms with Crippen LogP contribution in [-0.2, 0) is 4.74 Å². The zero-order chi connectivity index (χ0) is 16.3. The van der Waals surface area contributed by atoms with Gasteiger partial charge in [-0.05, 0) is 43.0 Å². The smallest absolute Gasteiger partial charge is 0.0805 e. The van der Waals surface area contributed by atoms with Gasteiger partial charge < -0.3 is 9.84 Å². The van der Waals surface area contributed by atoms with E-state index in [2.05, 4.69) is 38.3 Å². The summed E-state index contributed by atoms with van der Waals surface area (Å²) in [6.45, 7) is 12.9. The van der Waals surface area contributed by atoms with E-state index in [1.54, 1.807) is 7.11 Å². The Kier molecular flexibility index (Phi) is 5.33. The van der Waals surface area contributed by atoms with Crippen LogP contribution in [0.3, 0.4) is 0 Å². The fraction of sp³-hybridized carbons (Fsp3) is 0.421. The third-order valence-electron chi connectivity index (χ3n) is 4.11. The highest BCUT2D eigenvalue weighted by atomic mass is 16.5. The van der Waals surface area contributed by atoms with Gasteiger partial charge in [-0.2, -0.15) is 0 Å². The molecule has 0 spiro atoms. The molecule has 118 valence electrons. The number of nitrogens with zero attached hydrogens (tertiary/aromatic N) is 1. The van der Waals surface area contributed by atoms with Gasteiger partial charge in [0.1, 0.15) is 0 Å². The van der Waals surface area contributed by atoms with Crippen LogP contribution in [0.2, 0.25) is 0 Å². The Morgan fingerprint density at radius 3 is 2.68 bits per heavy atom. The fourth-order valence-corrected chi connectivity index (χ4v) is 3.11. The lowest BCUT2D eigenvalue weighted by atomic mass is 9.78. The number of hydrogen-bond acceptors (Lipinski definition) is 3. The first kappa shape index (κ1) is 16.7. The normalized spacial score (nSPS) is 20.3. The minimum Gasteiger partial charge on any atom is -0.396 e. The van der Waals surface area contributed by atoms with E-state index in [1.807, 2.05) is 6.92 Å². The fourth-order valence-electron chi connectivity index (χ4n) is 3.11. The van der Waals surface area contributed by atoms with Crippen molar-refractivity contribution >= 4 is 5.71 Å². The van der Waals surface area contributed by atoms with Gasteiger partial charge in [-0.25, -0.2) is 0 Å². The summed E-state index contributed by atoms with van der Waals surface area (Å²) in [6.07, 6.45) is 0.663. The molecule has 1 aliphatic rings. The number of ether oxygens (including phenoxy) is 1. The van der Waals surface area contributed by atoms with E-state index in [1.165, 1.54) is 11.1 Å². The monoisotopic (exact) mass is 299 g/mol. The molecule has 3 nitrogen and oxygen atoms in total. The lowest BCUT2D eigenvalue weighted by molar-refractivity contribution is 0.215. The van der Waals surface area contributed by atoms with Crippen molar-refractivity contribution in [3.63, 3.8) is 0 Å². The van der Waals surface area contributed by atoms with Gasteiger partial charge in [0.15, 0.2) is 0 Å². The summed E-state index contributed by atoms with van der Waals surface area (Å²) in [6, 6.07) is 6.34. The maximum absolute atomic E-state index is 9.48. The lowest BCUT2D eigenvalue weighted by Gasteiger charge is -2.33. The van der Waals surface area contributed by atoms with Gasteiger partial charge in [-0.3, -0.25) is 4.99 Å². The van der Waals surface area contributed by atoms with Crippen LogP contribution in [0.5, 0.6) is 0 Å². The minimum atomic E-state index is -0.0750. The Balaban J connectivity index is 2.57. The van der Waals surface area contributed by atoms with Gasteiger partial charge >= 0.3 is 0 Å². The average Bonchev–Trinajstić information content (AvgIpc) is 2.47. The molecule has 2 atom stereocenters. The summed E-state index contributed by atoms with van der Waals surface area (Å²) in [5, 5.41) is 9.48. The van der Waals surface area contributed by atoms with Gasteiger partial charge in [-0.15, -0.1) is 0 Å². The number of methoxy groups -OCH3 is 1.